The summed E-state index contributed by atoms with van der Waals surface area (Å²) in [6.07, 6.45) is 2.47. The molecule has 1 rings (SSSR count). The number of carbonyl (C=O) groups excluding carboxylic acids is 1. The maximum absolute atomic E-state index is 11.3. The van der Waals surface area contributed by atoms with Crippen molar-refractivity contribution in [3.05, 3.63) is 0 Å². The number of nitrogens with one attached hydrogen (secondary N) is 1. The van der Waals surface area contributed by atoms with E-state index in [2.05, 4.69) is 12.2 Å². The van der Waals surface area contributed by atoms with Crippen molar-refractivity contribution in [3.8, 4) is 0 Å². The van der Waals surface area contributed by atoms with Crippen molar-refractivity contribution in [2.24, 2.45) is 11.7 Å². The lowest BCUT2D eigenvalue weighted by Crippen LogP contribution is -2.45. The normalized spacial score (nSPS) is 26.2. The molecule has 0 radical (unpaired) electrons. The Morgan fingerprint density at radius 2 is 2.15 bits per heavy atom. The van der Waals surface area contributed by atoms with Crippen LogP contribution in [0.5, 0.6) is 0 Å². The van der Waals surface area contributed by atoms with E-state index in [1.807, 2.05) is 11.8 Å². The SMILES string of the molecule is CCCC(CN1C[C@H](N)C[C@@H]1C(=O)O)C(C)NC(C)=O. The molecule has 1 aliphatic heterocycles. The molecule has 1 saturated heterocycles. The maximum atomic E-state index is 11.3. The van der Waals surface area contributed by atoms with Crippen molar-refractivity contribution in [1.29, 1.82) is 0 Å². The fraction of sp³-hybridized carbons (Fsp3) is 0.857. The number of carbonyl (C=O) groups is 2. The lowest BCUT2D eigenvalue weighted by atomic mass is 9.95. The molecule has 0 aromatic heterocycles. The zero-order valence-electron chi connectivity index (χ0n) is 12.6. The molecular weight excluding hydrogens is 258 g/mol. The van der Waals surface area contributed by atoms with Crippen molar-refractivity contribution in [2.75, 3.05) is 13.1 Å². The first-order chi connectivity index (χ1) is 9.35. The molecule has 4 N–H and O–H groups in total. The van der Waals surface area contributed by atoms with E-state index in [4.69, 9.17) is 5.73 Å². The first-order valence-electron chi connectivity index (χ1n) is 7.34. The van der Waals surface area contributed by atoms with Gasteiger partial charge in [0.25, 0.3) is 0 Å². The number of hydrogen-bond acceptors (Lipinski definition) is 4. The number of hydrogen-bond donors (Lipinski definition) is 3. The van der Waals surface area contributed by atoms with Crippen LogP contribution in [0.15, 0.2) is 0 Å². The van der Waals surface area contributed by atoms with E-state index >= 15 is 0 Å². The van der Waals surface area contributed by atoms with Gasteiger partial charge in [-0.1, -0.05) is 13.3 Å². The Kier molecular flexibility index (Phi) is 6.42. The fourth-order valence-electron chi connectivity index (χ4n) is 3.01. The summed E-state index contributed by atoms with van der Waals surface area (Å²) >= 11 is 0. The summed E-state index contributed by atoms with van der Waals surface area (Å²) in [5, 5.41) is 12.2. The van der Waals surface area contributed by atoms with E-state index in [0.717, 1.165) is 12.8 Å². The lowest BCUT2D eigenvalue weighted by Gasteiger charge is -2.30. The first kappa shape index (κ1) is 16.9. The van der Waals surface area contributed by atoms with E-state index in [0.29, 0.717) is 19.5 Å². The van der Waals surface area contributed by atoms with Crippen LogP contribution in [-0.2, 0) is 9.59 Å². The highest BCUT2D eigenvalue weighted by atomic mass is 16.4. The van der Waals surface area contributed by atoms with Gasteiger partial charge in [-0.25, -0.2) is 0 Å². The zero-order valence-corrected chi connectivity index (χ0v) is 12.6. The third kappa shape index (κ3) is 4.76. The van der Waals surface area contributed by atoms with E-state index in [-0.39, 0.29) is 23.9 Å². The summed E-state index contributed by atoms with van der Waals surface area (Å²) in [7, 11) is 0. The van der Waals surface area contributed by atoms with Crippen LogP contribution >= 0.6 is 0 Å². The molecule has 6 nitrogen and oxygen atoms in total. The molecule has 0 aliphatic carbocycles. The molecule has 1 aliphatic rings. The molecule has 4 atom stereocenters. The zero-order chi connectivity index (χ0) is 15.3. The van der Waals surface area contributed by atoms with Crippen molar-refractivity contribution in [1.82, 2.24) is 10.2 Å². The van der Waals surface area contributed by atoms with Crippen LogP contribution in [0.3, 0.4) is 0 Å². The van der Waals surface area contributed by atoms with Crippen molar-refractivity contribution in [2.45, 2.75) is 58.2 Å². The third-order valence-electron chi connectivity index (χ3n) is 3.99. The molecular formula is C14H27N3O3. The van der Waals surface area contributed by atoms with Crippen molar-refractivity contribution < 1.29 is 14.7 Å². The molecule has 116 valence electrons. The van der Waals surface area contributed by atoms with Crippen molar-refractivity contribution >= 4 is 11.9 Å². The van der Waals surface area contributed by atoms with Gasteiger partial charge in [0.05, 0.1) is 0 Å². The Bertz CT molecular complexity index is 349. The van der Waals surface area contributed by atoms with Crippen LogP contribution in [0.4, 0.5) is 0 Å². The molecule has 0 saturated carbocycles. The van der Waals surface area contributed by atoms with E-state index < -0.39 is 12.0 Å². The van der Waals surface area contributed by atoms with Crippen LogP contribution in [0.2, 0.25) is 0 Å². The minimum absolute atomic E-state index is 0.0405. The monoisotopic (exact) mass is 285 g/mol. The standard InChI is InChI=1S/C14H27N3O3/c1-4-5-11(9(2)16-10(3)18)7-17-8-12(15)6-13(17)14(19)20/h9,11-13H,4-8,15H2,1-3H3,(H,16,18)(H,19,20)/t9?,11?,12-,13-/m1/s1. The second-order valence-electron chi connectivity index (χ2n) is 5.84. The van der Waals surface area contributed by atoms with Gasteiger partial charge in [0.2, 0.25) is 5.91 Å². The van der Waals surface area contributed by atoms with Crippen LogP contribution < -0.4 is 11.1 Å². The Labute approximate surface area is 120 Å². The number of rotatable bonds is 7. The molecule has 2 unspecified atom stereocenters. The minimum Gasteiger partial charge on any atom is -0.480 e. The fourth-order valence-corrected chi connectivity index (χ4v) is 3.01. The smallest absolute Gasteiger partial charge is 0.320 e. The van der Waals surface area contributed by atoms with Crippen LogP contribution in [-0.4, -0.2) is 53.1 Å². The second-order valence-corrected chi connectivity index (χ2v) is 5.84. The van der Waals surface area contributed by atoms with Gasteiger partial charge in [-0.2, -0.15) is 0 Å². The van der Waals surface area contributed by atoms with Crippen LogP contribution in [0.25, 0.3) is 0 Å². The highest BCUT2D eigenvalue weighted by molar-refractivity contribution is 5.74. The van der Waals surface area contributed by atoms with E-state index in [9.17, 15) is 14.7 Å². The molecule has 0 aromatic rings. The van der Waals surface area contributed by atoms with Gasteiger partial charge in [0.1, 0.15) is 6.04 Å². The number of carboxylic acid groups (broad SMARTS) is 1. The Balaban J connectivity index is 2.68. The summed E-state index contributed by atoms with van der Waals surface area (Å²) in [4.78, 5) is 24.4. The van der Waals surface area contributed by atoms with Crippen molar-refractivity contribution in [3.63, 3.8) is 0 Å². The number of likely N-dealkylation sites (tertiary alicyclic amines) is 1. The number of nitrogens with zero attached hydrogens (tertiary/aromatic N) is 1. The summed E-state index contributed by atoms with van der Waals surface area (Å²) < 4.78 is 0. The van der Waals surface area contributed by atoms with Gasteiger partial charge in [-0.3, -0.25) is 14.5 Å². The van der Waals surface area contributed by atoms with Crippen LogP contribution in [0.1, 0.15) is 40.0 Å². The number of nitrogens with two attached hydrogens (primary N) is 1. The average Bonchev–Trinajstić information content (AvgIpc) is 2.69. The Hall–Kier alpha value is -1.14. The van der Waals surface area contributed by atoms with Gasteiger partial charge in [-0.15, -0.1) is 0 Å². The minimum atomic E-state index is -0.805. The second kappa shape index (κ2) is 7.59. The summed E-state index contributed by atoms with van der Waals surface area (Å²) in [5.74, 6) is -0.608. The molecule has 20 heavy (non-hydrogen) atoms. The molecule has 1 amide bonds. The van der Waals surface area contributed by atoms with Gasteiger partial charge in [0, 0.05) is 32.1 Å². The maximum Gasteiger partial charge on any atom is 0.320 e. The highest BCUT2D eigenvalue weighted by Crippen LogP contribution is 2.22. The largest absolute Gasteiger partial charge is 0.480 e. The quantitative estimate of drug-likeness (QED) is 0.630. The van der Waals surface area contributed by atoms with Gasteiger partial charge in [0.15, 0.2) is 0 Å². The molecule has 6 heteroatoms. The summed E-state index contributed by atoms with van der Waals surface area (Å²) in [6, 6.07) is -0.526. The Morgan fingerprint density at radius 1 is 1.50 bits per heavy atom. The topological polar surface area (TPSA) is 95.7 Å². The third-order valence-corrected chi connectivity index (χ3v) is 3.99. The molecule has 0 bridgehead atoms. The lowest BCUT2D eigenvalue weighted by molar-refractivity contribution is -0.142. The molecule has 1 heterocycles. The average molecular weight is 285 g/mol. The summed E-state index contributed by atoms with van der Waals surface area (Å²) in [6.45, 7) is 6.86. The first-order valence-corrected chi connectivity index (χ1v) is 7.34. The predicted octanol–water partition coefficient (Wildman–Crippen LogP) is 0.414. The molecule has 0 spiro atoms. The number of amides is 1. The van der Waals surface area contributed by atoms with Gasteiger partial charge < -0.3 is 16.2 Å². The summed E-state index contributed by atoms with van der Waals surface area (Å²) in [5.41, 5.74) is 5.89. The highest BCUT2D eigenvalue weighted by Gasteiger charge is 2.36. The van der Waals surface area contributed by atoms with Gasteiger partial charge >= 0.3 is 5.97 Å². The van der Waals surface area contributed by atoms with Crippen LogP contribution in [0, 0.1) is 5.92 Å². The van der Waals surface area contributed by atoms with Gasteiger partial charge in [-0.05, 0) is 25.7 Å². The Morgan fingerprint density at radius 3 is 2.65 bits per heavy atom. The predicted molar refractivity (Wildman–Crippen MR) is 77.3 cm³/mol. The molecule has 0 aromatic carbocycles. The van der Waals surface area contributed by atoms with E-state index in [1.54, 1.807) is 0 Å². The number of carboxylic acids is 1. The molecule has 1 fully saturated rings. The number of aliphatic carboxylic acids is 1. The van der Waals surface area contributed by atoms with E-state index in [1.165, 1.54) is 6.92 Å².